The SMILES string of the molecule is CCC(C)NC(=O)c1ccc(C(=O)Nc2c(C)cccc2C)cc1. The van der Waals surface area contributed by atoms with Crippen molar-refractivity contribution in [3.05, 3.63) is 64.7 Å². The molecule has 4 heteroatoms. The second-order valence-electron chi connectivity index (χ2n) is 6.08. The highest BCUT2D eigenvalue weighted by molar-refractivity contribution is 6.05. The molecule has 4 nitrogen and oxygen atoms in total. The van der Waals surface area contributed by atoms with Crippen molar-refractivity contribution in [2.45, 2.75) is 40.2 Å². The molecule has 0 aliphatic heterocycles. The molecule has 2 N–H and O–H groups in total. The zero-order chi connectivity index (χ0) is 17.7. The summed E-state index contributed by atoms with van der Waals surface area (Å²) in [5.74, 6) is -0.299. The van der Waals surface area contributed by atoms with Crippen LogP contribution in [0.25, 0.3) is 0 Å². The minimum atomic E-state index is -0.179. The number of carbonyl (C=O) groups is 2. The van der Waals surface area contributed by atoms with Gasteiger partial charge in [0.1, 0.15) is 0 Å². The molecule has 2 rings (SSSR count). The molecule has 2 aromatic carbocycles. The van der Waals surface area contributed by atoms with Gasteiger partial charge in [-0.15, -0.1) is 0 Å². The molecule has 1 atom stereocenters. The van der Waals surface area contributed by atoms with Crippen LogP contribution >= 0.6 is 0 Å². The number of hydrogen-bond donors (Lipinski definition) is 2. The summed E-state index contributed by atoms with van der Waals surface area (Å²) >= 11 is 0. The Labute approximate surface area is 143 Å². The lowest BCUT2D eigenvalue weighted by Gasteiger charge is -2.13. The average molecular weight is 324 g/mol. The van der Waals surface area contributed by atoms with Crippen LogP contribution < -0.4 is 10.6 Å². The fourth-order valence-electron chi connectivity index (χ4n) is 2.38. The Hall–Kier alpha value is -2.62. The predicted octanol–water partition coefficient (Wildman–Crippen LogP) is 4.08. The number of aryl methyl sites for hydroxylation is 2. The quantitative estimate of drug-likeness (QED) is 0.870. The van der Waals surface area contributed by atoms with E-state index in [4.69, 9.17) is 0 Å². The van der Waals surface area contributed by atoms with Gasteiger partial charge in [0.2, 0.25) is 0 Å². The van der Waals surface area contributed by atoms with Crippen molar-refractivity contribution < 1.29 is 9.59 Å². The molecule has 0 bridgehead atoms. The molecule has 1 unspecified atom stereocenters. The third-order valence-corrected chi connectivity index (χ3v) is 4.12. The van der Waals surface area contributed by atoms with Gasteiger partial charge in [0.15, 0.2) is 0 Å². The van der Waals surface area contributed by atoms with E-state index < -0.39 is 0 Å². The number of nitrogens with one attached hydrogen (secondary N) is 2. The van der Waals surface area contributed by atoms with Crippen LogP contribution in [0, 0.1) is 13.8 Å². The number of hydrogen-bond acceptors (Lipinski definition) is 2. The summed E-state index contributed by atoms with van der Waals surface area (Å²) in [7, 11) is 0. The maximum atomic E-state index is 12.4. The highest BCUT2D eigenvalue weighted by Gasteiger charge is 2.12. The van der Waals surface area contributed by atoms with Gasteiger partial charge >= 0.3 is 0 Å². The van der Waals surface area contributed by atoms with E-state index in [0.29, 0.717) is 11.1 Å². The van der Waals surface area contributed by atoms with Crippen molar-refractivity contribution in [3.63, 3.8) is 0 Å². The van der Waals surface area contributed by atoms with Crippen molar-refractivity contribution in [1.29, 1.82) is 0 Å². The topological polar surface area (TPSA) is 58.2 Å². The highest BCUT2D eigenvalue weighted by atomic mass is 16.2. The number of anilines is 1. The molecule has 0 spiro atoms. The molecule has 0 radical (unpaired) electrons. The highest BCUT2D eigenvalue weighted by Crippen LogP contribution is 2.20. The monoisotopic (exact) mass is 324 g/mol. The molecule has 0 saturated carbocycles. The van der Waals surface area contributed by atoms with Crippen molar-refractivity contribution in [3.8, 4) is 0 Å². The first-order valence-electron chi connectivity index (χ1n) is 8.21. The van der Waals surface area contributed by atoms with Gasteiger partial charge in [-0.05, 0) is 62.6 Å². The Morgan fingerprint density at radius 3 is 1.92 bits per heavy atom. The van der Waals surface area contributed by atoms with Gasteiger partial charge in [-0.1, -0.05) is 25.1 Å². The Kier molecular flexibility index (Phi) is 5.74. The third kappa shape index (κ3) is 4.22. The van der Waals surface area contributed by atoms with E-state index >= 15 is 0 Å². The molecular formula is C20H24N2O2. The van der Waals surface area contributed by atoms with Crippen molar-refractivity contribution >= 4 is 17.5 Å². The van der Waals surface area contributed by atoms with Crippen LogP contribution in [0.3, 0.4) is 0 Å². The molecular weight excluding hydrogens is 300 g/mol. The number of rotatable bonds is 5. The molecule has 0 aliphatic rings. The number of carbonyl (C=O) groups excluding carboxylic acids is 2. The summed E-state index contributed by atoms with van der Waals surface area (Å²) in [6, 6.07) is 12.7. The Morgan fingerprint density at radius 2 is 1.42 bits per heavy atom. The zero-order valence-corrected chi connectivity index (χ0v) is 14.6. The van der Waals surface area contributed by atoms with E-state index in [0.717, 1.165) is 23.2 Å². The van der Waals surface area contributed by atoms with Gasteiger partial charge in [-0.2, -0.15) is 0 Å². The van der Waals surface area contributed by atoms with Crippen LogP contribution in [0.15, 0.2) is 42.5 Å². The van der Waals surface area contributed by atoms with Gasteiger partial charge < -0.3 is 10.6 Å². The van der Waals surface area contributed by atoms with E-state index in [9.17, 15) is 9.59 Å². The van der Waals surface area contributed by atoms with E-state index in [-0.39, 0.29) is 17.9 Å². The summed E-state index contributed by atoms with van der Waals surface area (Å²) in [4.78, 5) is 24.5. The number of amides is 2. The standard InChI is InChI=1S/C20H24N2O2/c1-5-15(4)21-19(23)16-9-11-17(12-10-16)20(24)22-18-13(2)7-6-8-14(18)3/h6-12,15H,5H2,1-4H3,(H,21,23)(H,22,24). The molecule has 24 heavy (non-hydrogen) atoms. The van der Waals surface area contributed by atoms with Crippen LogP contribution in [0.5, 0.6) is 0 Å². The van der Waals surface area contributed by atoms with Gasteiger partial charge in [0, 0.05) is 22.9 Å². The molecule has 2 aromatic rings. The Morgan fingerprint density at radius 1 is 0.917 bits per heavy atom. The van der Waals surface area contributed by atoms with Crippen LogP contribution in [-0.4, -0.2) is 17.9 Å². The van der Waals surface area contributed by atoms with E-state index in [1.807, 2.05) is 45.9 Å². The number of para-hydroxylation sites is 1. The first-order chi connectivity index (χ1) is 11.4. The summed E-state index contributed by atoms with van der Waals surface area (Å²) in [5.41, 5.74) is 3.96. The van der Waals surface area contributed by atoms with Gasteiger partial charge in [-0.3, -0.25) is 9.59 Å². The lowest BCUT2D eigenvalue weighted by Crippen LogP contribution is -2.31. The normalized spacial score (nSPS) is 11.7. The van der Waals surface area contributed by atoms with Crippen molar-refractivity contribution in [2.24, 2.45) is 0 Å². The van der Waals surface area contributed by atoms with Crippen molar-refractivity contribution in [2.75, 3.05) is 5.32 Å². The number of benzene rings is 2. The van der Waals surface area contributed by atoms with Gasteiger partial charge in [0.25, 0.3) is 11.8 Å². The molecule has 0 fully saturated rings. The molecule has 0 saturated heterocycles. The fourth-order valence-corrected chi connectivity index (χ4v) is 2.38. The van der Waals surface area contributed by atoms with Crippen LogP contribution in [0.1, 0.15) is 52.1 Å². The van der Waals surface area contributed by atoms with E-state index in [2.05, 4.69) is 10.6 Å². The Bertz CT molecular complexity index is 716. The second kappa shape index (κ2) is 7.77. The average Bonchev–Trinajstić information content (AvgIpc) is 2.58. The molecule has 2 amide bonds. The third-order valence-electron chi connectivity index (χ3n) is 4.12. The first-order valence-corrected chi connectivity index (χ1v) is 8.21. The summed E-state index contributed by atoms with van der Waals surface area (Å²) in [6.07, 6.45) is 0.877. The van der Waals surface area contributed by atoms with E-state index in [1.165, 1.54) is 0 Å². The fraction of sp³-hybridized carbons (Fsp3) is 0.300. The van der Waals surface area contributed by atoms with Gasteiger partial charge in [0.05, 0.1) is 0 Å². The smallest absolute Gasteiger partial charge is 0.255 e. The molecule has 0 aromatic heterocycles. The maximum absolute atomic E-state index is 12.4. The van der Waals surface area contributed by atoms with E-state index in [1.54, 1.807) is 24.3 Å². The summed E-state index contributed by atoms with van der Waals surface area (Å²) < 4.78 is 0. The minimum Gasteiger partial charge on any atom is -0.350 e. The van der Waals surface area contributed by atoms with Crippen molar-refractivity contribution in [1.82, 2.24) is 5.32 Å². The lowest BCUT2D eigenvalue weighted by atomic mass is 10.1. The van der Waals surface area contributed by atoms with Crippen LogP contribution in [-0.2, 0) is 0 Å². The lowest BCUT2D eigenvalue weighted by molar-refractivity contribution is 0.0937. The molecule has 0 heterocycles. The minimum absolute atomic E-state index is 0.119. The summed E-state index contributed by atoms with van der Waals surface area (Å²) in [5, 5.41) is 5.86. The molecule has 0 aliphatic carbocycles. The second-order valence-corrected chi connectivity index (χ2v) is 6.08. The first kappa shape index (κ1) is 17.7. The predicted molar refractivity (Wildman–Crippen MR) is 97.5 cm³/mol. The van der Waals surface area contributed by atoms with Crippen LogP contribution in [0.4, 0.5) is 5.69 Å². The summed E-state index contributed by atoms with van der Waals surface area (Å²) in [6.45, 7) is 7.91. The maximum Gasteiger partial charge on any atom is 0.255 e. The largest absolute Gasteiger partial charge is 0.350 e. The van der Waals surface area contributed by atoms with Gasteiger partial charge in [-0.25, -0.2) is 0 Å². The zero-order valence-electron chi connectivity index (χ0n) is 14.6. The Balaban J connectivity index is 2.10. The molecule has 126 valence electrons. The van der Waals surface area contributed by atoms with Crippen LogP contribution in [0.2, 0.25) is 0 Å².